The minimum Gasteiger partial charge on any atom is -0.487 e. The van der Waals surface area contributed by atoms with Crippen molar-refractivity contribution in [3.05, 3.63) is 52.8 Å². The summed E-state index contributed by atoms with van der Waals surface area (Å²) in [6.45, 7) is 6.32. The first-order chi connectivity index (χ1) is 12.5. The van der Waals surface area contributed by atoms with Gasteiger partial charge in [0, 0.05) is 12.4 Å². The summed E-state index contributed by atoms with van der Waals surface area (Å²) in [6.07, 6.45) is 3.27. The van der Waals surface area contributed by atoms with Crippen LogP contribution in [-0.4, -0.2) is 33.5 Å². The molecule has 7 heteroatoms. The molecule has 2 aromatic heterocycles. The maximum Gasteiger partial charge on any atom is 0.270 e. The van der Waals surface area contributed by atoms with E-state index in [4.69, 9.17) is 4.74 Å². The Hall–Kier alpha value is -2.80. The molecule has 1 atom stereocenters. The Labute approximate surface area is 155 Å². The molecule has 0 fully saturated rings. The molecule has 3 heterocycles. The molecule has 4 rings (SSSR count). The second-order valence-corrected chi connectivity index (χ2v) is 7.32. The van der Waals surface area contributed by atoms with Gasteiger partial charge in [0.25, 0.3) is 5.91 Å². The number of hydrogen-bond acceptors (Lipinski definition) is 6. The Kier molecular flexibility index (Phi) is 4.16. The van der Waals surface area contributed by atoms with Gasteiger partial charge in [0.15, 0.2) is 10.8 Å². The fraction of sp³-hybridized carbons (Fsp3) is 0.263. The van der Waals surface area contributed by atoms with Gasteiger partial charge in [-0.1, -0.05) is 6.07 Å². The minimum absolute atomic E-state index is 0.0672. The first-order valence-corrected chi connectivity index (χ1v) is 9.18. The average Bonchev–Trinajstić information content (AvgIpc) is 3.02. The van der Waals surface area contributed by atoms with Crippen molar-refractivity contribution < 1.29 is 9.53 Å². The summed E-state index contributed by atoms with van der Waals surface area (Å²) in [7, 11) is 0. The van der Waals surface area contributed by atoms with Crippen molar-refractivity contribution in [3.63, 3.8) is 0 Å². The lowest BCUT2D eigenvalue weighted by Gasteiger charge is -2.33. The first kappa shape index (κ1) is 16.7. The molecular weight excluding hydrogens is 348 g/mol. The second kappa shape index (κ2) is 6.49. The molecule has 0 N–H and O–H groups in total. The number of amides is 1. The molecule has 0 aliphatic carbocycles. The van der Waals surface area contributed by atoms with E-state index >= 15 is 0 Å². The van der Waals surface area contributed by atoms with E-state index in [2.05, 4.69) is 15.0 Å². The minimum atomic E-state index is -0.0709. The lowest BCUT2D eigenvalue weighted by molar-refractivity contribution is 0.0964. The Bertz CT molecular complexity index is 971. The van der Waals surface area contributed by atoms with E-state index in [1.54, 1.807) is 23.4 Å². The highest BCUT2D eigenvalue weighted by molar-refractivity contribution is 7.17. The largest absolute Gasteiger partial charge is 0.487 e. The molecule has 26 heavy (non-hydrogen) atoms. The van der Waals surface area contributed by atoms with Crippen LogP contribution in [0, 0.1) is 13.8 Å². The zero-order valence-electron chi connectivity index (χ0n) is 14.8. The summed E-state index contributed by atoms with van der Waals surface area (Å²) in [5, 5.41) is 0.650. The summed E-state index contributed by atoms with van der Waals surface area (Å²) in [4.78, 5) is 28.6. The highest BCUT2D eigenvalue weighted by Crippen LogP contribution is 2.36. The van der Waals surface area contributed by atoms with Crippen LogP contribution in [0.5, 0.6) is 5.75 Å². The van der Waals surface area contributed by atoms with Gasteiger partial charge >= 0.3 is 0 Å². The molecule has 3 aromatic rings. The van der Waals surface area contributed by atoms with Gasteiger partial charge in [0.2, 0.25) is 0 Å². The standard InChI is InChI=1S/C19H18N4O2S/c1-11-5-6-14-15(9-11)25-12(2)10-23(14)19(24)16-13(3)22-18(26-16)17-20-7-4-8-21-17/h4-9,12H,10H2,1-3H3/t12-/m1/s1. The molecule has 0 saturated carbocycles. The van der Waals surface area contributed by atoms with Crippen LogP contribution in [-0.2, 0) is 0 Å². The smallest absolute Gasteiger partial charge is 0.270 e. The van der Waals surface area contributed by atoms with Gasteiger partial charge in [0.1, 0.15) is 16.7 Å². The lowest BCUT2D eigenvalue weighted by atomic mass is 10.1. The monoisotopic (exact) mass is 366 g/mol. The predicted molar refractivity (Wildman–Crippen MR) is 101 cm³/mol. The normalized spacial score (nSPS) is 16.1. The number of rotatable bonds is 2. The van der Waals surface area contributed by atoms with E-state index in [1.165, 1.54) is 11.3 Å². The maximum absolute atomic E-state index is 13.3. The Morgan fingerprint density at radius 1 is 1.27 bits per heavy atom. The summed E-state index contributed by atoms with van der Waals surface area (Å²) in [6, 6.07) is 7.64. The van der Waals surface area contributed by atoms with Gasteiger partial charge in [-0.05, 0) is 44.5 Å². The Morgan fingerprint density at radius 2 is 2.04 bits per heavy atom. The number of carbonyl (C=O) groups excluding carboxylic acids is 1. The van der Waals surface area contributed by atoms with Crippen molar-refractivity contribution in [1.29, 1.82) is 0 Å². The molecule has 0 radical (unpaired) electrons. The van der Waals surface area contributed by atoms with E-state index in [1.807, 2.05) is 39.0 Å². The van der Waals surface area contributed by atoms with Gasteiger partial charge in [-0.2, -0.15) is 0 Å². The molecule has 132 valence electrons. The lowest BCUT2D eigenvalue weighted by Crippen LogP contribution is -2.42. The van der Waals surface area contributed by atoms with Gasteiger partial charge in [-0.15, -0.1) is 11.3 Å². The third-order valence-corrected chi connectivity index (χ3v) is 5.31. The molecular formula is C19H18N4O2S. The van der Waals surface area contributed by atoms with Crippen LogP contribution in [0.1, 0.15) is 27.9 Å². The summed E-state index contributed by atoms with van der Waals surface area (Å²) >= 11 is 1.33. The molecule has 0 spiro atoms. The molecule has 0 unspecified atom stereocenters. The first-order valence-electron chi connectivity index (χ1n) is 8.37. The van der Waals surface area contributed by atoms with Crippen LogP contribution >= 0.6 is 11.3 Å². The number of nitrogens with zero attached hydrogens (tertiary/aromatic N) is 4. The summed E-state index contributed by atoms with van der Waals surface area (Å²) < 4.78 is 5.91. The van der Waals surface area contributed by atoms with Gasteiger partial charge in [-0.3, -0.25) is 4.79 Å². The van der Waals surface area contributed by atoms with Crippen molar-refractivity contribution in [2.75, 3.05) is 11.4 Å². The van der Waals surface area contributed by atoms with E-state index < -0.39 is 0 Å². The fourth-order valence-electron chi connectivity index (χ4n) is 2.96. The second-order valence-electron chi connectivity index (χ2n) is 6.32. The Morgan fingerprint density at radius 3 is 2.81 bits per heavy atom. The maximum atomic E-state index is 13.3. The zero-order chi connectivity index (χ0) is 18.3. The number of hydrogen-bond donors (Lipinski definition) is 0. The molecule has 0 bridgehead atoms. The van der Waals surface area contributed by atoms with Gasteiger partial charge in [0.05, 0.1) is 17.9 Å². The number of benzene rings is 1. The fourth-order valence-corrected chi connectivity index (χ4v) is 3.93. The topological polar surface area (TPSA) is 68.2 Å². The van der Waals surface area contributed by atoms with Gasteiger partial charge in [-0.25, -0.2) is 15.0 Å². The van der Waals surface area contributed by atoms with E-state index in [-0.39, 0.29) is 12.0 Å². The molecule has 1 aliphatic rings. The third-order valence-electron chi connectivity index (χ3n) is 4.17. The van der Waals surface area contributed by atoms with E-state index in [0.29, 0.717) is 27.9 Å². The molecule has 1 amide bonds. The number of carbonyl (C=O) groups is 1. The van der Waals surface area contributed by atoms with Crippen molar-refractivity contribution in [1.82, 2.24) is 15.0 Å². The third kappa shape index (κ3) is 2.94. The van der Waals surface area contributed by atoms with Crippen LogP contribution in [0.15, 0.2) is 36.7 Å². The van der Waals surface area contributed by atoms with E-state index in [9.17, 15) is 4.79 Å². The number of ether oxygens (including phenoxy) is 1. The molecule has 1 aromatic carbocycles. The van der Waals surface area contributed by atoms with Crippen LogP contribution in [0.4, 0.5) is 5.69 Å². The molecule has 6 nitrogen and oxygen atoms in total. The van der Waals surface area contributed by atoms with Crippen LogP contribution < -0.4 is 9.64 Å². The van der Waals surface area contributed by atoms with Crippen LogP contribution in [0.3, 0.4) is 0 Å². The highest BCUT2D eigenvalue weighted by atomic mass is 32.1. The molecule has 1 aliphatic heterocycles. The van der Waals surface area contributed by atoms with Gasteiger partial charge < -0.3 is 9.64 Å². The quantitative estimate of drug-likeness (QED) is 0.692. The summed E-state index contributed by atoms with van der Waals surface area (Å²) in [5.41, 5.74) is 2.59. The number of aromatic nitrogens is 3. The SMILES string of the molecule is Cc1ccc2c(c1)O[C@H](C)CN2C(=O)c1sc(-c2ncccn2)nc1C. The number of anilines is 1. The Balaban J connectivity index is 1.72. The average molecular weight is 366 g/mol. The van der Waals surface area contributed by atoms with Crippen molar-refractivity contribution >= 4 is 22.9 Å². The van der Waals surface area contributed by atoms with Crippen LogP contribution in [0.25, 0.3) is 10.8 Å². The summed E-state index contributed by atoms with van der Waals surface area (Å²) in [5.74, 6) is 1.21. The zero-order valence-corrected chi connectivity index (χ0v) is 15.6. The van der Waals surface area contributed by atoms with Crippen molar-refractivity contribution in [3.8, 4) is 16.6 Å². The predicted octanol–water partition coefficient (Wildman–Crippen LogP) is 3.64. The molecule has 0 saturated heterocycles. The number of thiazole rings is 1. The highest BCUT2D eigenvalue weighted by Gasteiger charge is 2.30. The number of aryl methyl sites for hydroxylation is 2. The van der Waals surface area contributed by atoms with Crippen molar-refractivity contribution in [2.45, 2.75) is 26.9 Å². The number of fused-ring (bicyclic) bond motifs is 1. The van der Waals surface area contributed by atoms with Crippen LogP contribution in [0.2, 0.25) is 0 Å². The van der Waals surface area contributed by atoms with Crippen molar-refractivity contribution in [2.24, 2.45) is 0 Å². The van der Waals surface area contributed by atoms with E-state index in [0.717, 1.165) is 17.0 Å².